The Kier molecular flexibility index (Phi) is 5.95. The van der Waals surface area contributed by atoms with Crippen LogP contribution in [0.3, 0.4) is 0 Å². The number of nitrogens with one attached hydrogen (secondary N) is 1. The molecule has 0 atom stereocenters. The number of anilines is 1. The lowest BCUT2D eigenvalue weighted by Gasteiger charge is -2.09. The van der Waals surface area contributed by atoms with Gasteiger partial charge in [-0.1, -0.05) is 25.4 Å². The van der Waals surface area contributed by atoms with Crippen molar-refractivity contribution in [1.82, 2.24) is 0 Å². The van der Waals surface area contributed by atoms with E-state index in [4.69, 9.17) is 21.4 Å². The van der Waals surface area contributed by atoms with E-state index in [9.17, 15) is 4.79 Å². The van der Waals surface area contributed by atoms with Gasteiger partial charge in [0.25, 0.3) is 0 Å². The Morgan fingerprint density at radius 1 is 1.50 bits per heavy atom. The zero-order chi connectivity index (χ0) is 13.5. The lowest BCUT2D eigenvalue weighted by Crippen LogP contribution is -2.12. The quantitative estimate of drug-likeness (QED) is 0.748. The molecule has 0 aliphatic carbocycles. The third-order valence-electron chi connectivity index (χ3n) is 2.23. The molecule has 0 saturated carbocycles. The van der Waals surface area contributed by atoms with E-state index in [1.807, 2.05) is 0 Å². The Bertz CT molecular complexity index is 407. The van der Waals surface area contributed by atoms with Crippen molar-refractivity contribution in [2.45, 2.75) is 13.8 Å². The van der Waals surface area contributed by atoms with E-state index in [1.165, 1.54) is 6.07 Å². The van der Waals surface area contributed by atoms with E-state index in [0.29, 0.717) is 19.1 Å². The smallest absolute Gasteiger partial charge is 0.337 e. The van der Waals surface area contributed by atoms with Crippen molar-refractivity contribution in [2.75, 3.05) is 25.1 Å². The fraction of sp³-hybridized carbons (Fsp3) is 0.462. The maximum absolute atomic E-state index is 10.8. The summed E-state index contributed by atoms with van der Waals surface area (Å²) in [5, 5.41) is 12.2. The van der Waals surface area contributed by atoms with E-state index in [-0.39, 0.29) is 10.6 Å². The second-order valence-electron chi connectivity index (χ2n) is 4.40. The third-order valence-corrected chi connectivity index (χ3v) is 2.54. The number of carbonyl (C=O) groups is 1. The minimum atomic E-state index is -1.02. The van der Waals surface area contributed by atoms with Crippen LogP contribution >= 0.6 is 11.6 Å². The number of carboxylic acid groups (broad SMARTS) is 1. The van der Waals surface area contributed by atoms with E-state index in [0.717, 1.165) is 12.3 Å². The van der Waals surface area contributed by atoms with E-state index in [1.54, 1.807) is 12.1 Å². The summed E-state index contributed by atoms with van der Waals surface area (Å²) < 4.78 is 5.42. The van der Waals surface area contributed by atoms with Crippen LogP contribution in [-0.2, 0) is 4.74 Å². The third kappa shape index (κ3) is 4.94. The number of ether oxygens (including phenoxy) is 1. The molecule has 0 amide bonds. The molecule has 0 radical (unpaired) electrons. The van der Waals surface area contributed by atoms with Gasteiger partial charge >= 0.3 is 5.97 Å². The molecular formula is C13H18ClNO3. The van der Waals surface area contributed by atoms with Gasteiger partial charge in [0, 0.05) is 18.8 Å². The fourth-order valence-electron chi connectivity index (χ4n) is 1.39. The predicted molar refractivity (Wildman–Crippen MR) is 72.6 cm³/mol. The Hall–Kier alpha value is -1.26. The molecule has 1 aromatic carbocycles. The topological polar surface area (TPSA) is 58.6 Å². The first kappa shape index (κ1) is 14.8. The van der Waals surface area contributed by atoms with Crippen LogP contribution in [0.1, 0.15) is 24.2 Å². The standard InChI is InChI=1S/C13H18ClNO3/c1-9(2)8-18-6-5-15-10-3-4-11(13(16)17)12(14)7-10/h3-4,7,9,15H,5-6,8H2,1-2H3,(H,16,17). The SMILES string of the molecule is CC(C)COCCNc1ccc(C(=O)O)c(Cl)c1. The molecule has 100 valence electrons. The maximum Gasteiger partial charge on any atom is 0.337 e. The summed E-state index contributed by atoms with van der Waals surface area (Å²) >= 11 is 5.85. The highest BCUT2D eigenvalue weighted by Gasteiger charge is 2.08. The molecule has 0 fully saturated rings. The summed E-state index contributed by atoms with van der Waals surface area (Å²) in [6.45, 7) is 6.20. The molecule has 0 bridgehead atoms. The lowest BCUT2D eigenvalue weighted by molar-refractivity contribution is 0.0697. The van der Waals surface area contributed by atoms with E-state index in [2.05, 4.69) is 19.2 Å². The summed E-state index contributed by atoms with van der Waals surface area (Å²) in [5.74, 6) is -0.499. The van der Waals surface area contributed by atoms with Gasteiger partial charge in [-0.15, -0.1) is 0 Å². The van der Waals surface area contributed by atoms with E-state index >= 15 is 0 Å². The summed E-state index contributed by atoms with van der Waals surface area (Å²) in [7, 11) is 0. The van der Waals surface area contributed by atoms with Crippen LogP contribution in [0.2, 0.25) is 5.02 Å². The number of carboxylic acids is 1. The van der Waals surface area contributed by atoms with E-state index < -0.39 is 5.97 Å². The predicted octanol–water partition coefficient (Wildman–Crippen LogP) is 3.12. The lowest BCUT2D eigenvalue weighted by atomic mass is 10.2. The van der Waals surface area contributed by atoms with Crippen molar-refractivity contribution in [3.8, 4) is 0 Å². The first-order valence-electron chi connectivity index (χ1n) is 5.85. The fourth-order valence-corrected chi connectivity index (χ4v) is 1.65. The molecule has 0 heterocycles. The van der Waals surface area contributed by atoms with Gasteiger partial charge in [0.15, 0.2) is 0 Å². The first-order chi connectivity index (χ1) is 8.50. The van der Waals surface area contributed by atoms with Crippen molar-refractivity contribution < 1.29 is 14.6 Å². The Balaban J connectivity index is 2.39. The average molecular weight is 272 g/mol. The Morgan fingerprint density at radius 2 is 2.22 bits per heavy atom. The van der Waals surface area contributed by atoms with Gasteiger partial charge < -0.3 is 15.2 Å². The van der Waals surface area contributed by atoms with Crippen molar-refractivity contribution in [2.24, 2.45) is 5.92 Å². The minimum Gasteiger partial charge on any atom is -0.478 e. The highest BCUT2D eigenvalue weighted by atomic mass is 35.5. The highest BCUT2D eigenvalue weighted by molar-refractivity contribution is 6.33. The van der Waals surface area contributed by atoms with Crippen LogP contribution in [0.5, 0.6) is 0 Å². The molecule has 0 aliphatic heterocycles. The molecule has 1 rings (SSSR count). The molecule has 18 heavy (non-hydrogen) atoms. The summed E-state index contributed by atoms with van der Waals surface area (Å²) in [5.41, 5.74) is 0.899. The van der Waals surface area contributed by atoms with Gasteiger partial charge in [-0.3, -0.25) is 0 Å². The molecule has 5 heteroatoms. The zero-order valence-electron chi connectivity index (χ0n) is 10.6. The summed E-state index contributed by atoms with van der Waals surface area (Å²) in [6.07, 6.45) is 0. The van der Waals surface area contributed by atoms with Crippen molar-refractivity contribution in [1.29, 1.82) is 0 Å². The summed E-state index contributed by atoms with van der Waals surface area (Å²) in [6, 6.07) is 4.78. The van der Waals surface area contributed by atoms with Crippen LogP contribution in [0.15, 0.2) is 18.2 Å². The van der Waals surface area contributed by atoms with Crippen molar-refractivity contribution in [3.63, 3.8) is 0 Å². The van der Waals surface area contributed by atoms with Crippen LogP contribution in [0.25, 0.3) is 0 Å². The number of hydrogen-bond donors (Lipinski definition) is 2. The maximum atomic E-state index is 10.8. The van der Waals surface area contributed by atoms with Crippen LogP contribution in [-0.4, -0.2) is 30.8 Å². The molecule has 2 N–H and O–H groups in total. The molecule has 0 aromatic heterocycles. The highest BCUT2D eigenvalue weighted by Crippen LogP contribution is 2.20. The van der Waals surface area contributed by atoms with Crippen molar-refractivity contribution in [3.05, 3.63) is 28.8 Å². The second-order valence-corrected chi connectivity index (χ2v) is 4.80. The first-order valence-corrected chi connectivity index (χ1v) is 6.23. The van der Waals surface area contributed by atoms with Gasteiger partial charge in [-0.25, -0.2) is 4.79 Å². The number of halogens is 1. The average Bonchev–Trinajstić information content (AvgIpc) is 2.27. The molecule has 0 saturated heterocycles. The van der Waals surface area contributed by atoms with Gasteiger partial charge in [-0.2, -0.15) is 0 Å². The molecule has 0 aliphatic rings. The second kappa shape index (κ2) is 7.24. The molecule has 1 aromatic rings. The number of hydrogen-bond acceptors (Lipinski definition) is 3. The largest absolute Gasteiger partial charge is 0.478 e. The normalized spacial score (nSPS) is 10.7. The van der Waals surface area contributed by atoms with Crippen molar-refractivity contribution >= 4 is 23.3 Å². The number of aromatic carboxylic acids is 1. The minimum absolute atomic E-state index is 0.110. The van der Waals surface area contributed by atoms with Gasteiger partial charge in [0.2, 0.25) is 0 Å². The zero-order valence-corrected chi connectivity index (χ0v) is 11.3. The molecular weight excluding hydrogens is 254 g/mol. The molecule has 0 spiro atoms. The van der Waals surface area contributed by atoms with Crippen LogP contribution in [0.4, 0.5) is 5.69 Å². The molecule has 0 unspecified atom stereocenters. The number of benzene rings is 1. The molecule has 4 nitrogen and oxygen atoms in total. The Morgan fingerprint density at radius 3 is 2.78 bits per heavy atom. The number of rotatable bonds is 7. The summed E-state index contributed by atoms with van der Waals surface area (Å²) in [4.78, 5) is 10.8. The van der Waals surface area contributed by atoms with Gasteiger partial charge in [0.05, 0.1) is 17.2 Å². The Labute approximate surface area is 112 Å². The van der Waals surface area contributed by atoms with Crippen LogP contribution < -0.4 is 5.32 Å². The van der Waals surface area contributed by atoms with Crippen LogP contribution in [0, 0.1) is 5.92 Å². The van der Waals surface area contributed by atoms with Gasteiger partial charge in [-0.05, 0) is 24.1 Å². The monoisotopic (exact) mass is 271 g/mol. The van der Waals surface area contributed by atoms with Gasteiger partial charge in [0.1, 0.15) is 0 Å².